The Bertz CT molecular complexity index is 1440. The second-order valence-electron chi connectivity index (χ2n) is 16.6. The van der Waals surface area contributed by atoms with Gasteiger partial charge < -0.3 is 24.2 Å². The molecule has 2 aromatic rings. The number of carbonyl (C=O) groups is 2. The van der Waals surface area contributed by atoms with E-state index < -0.39 is 32.8 Å². The smallest absolute Gasteiger partial charge is 0.377 e. The molecule has 1 aromatic heterocycles. The molecule has 0 radical (unpaired) electrons. The van der Waals surface area contributed by atoms with Gasteiger partial charge in [-0.1, -0.05) is 129 Å². The lowest BCUT2D eigenvalue weighted by atomic mass is 10.0. The van der Waals surface area contributed by atoms with E-state index in [2.05, 4.69) is 22.6 Å². The molecule has 17 heteroatoms. The van der Waals surface area contributed by atoms with Crippen molar-refractivity contribution in [1.29, 1.82) is 0 Å². The first kappa shape index (κ1) is 52.1. The van der Waals surface area contributed by atoms with Crippen molar-refractivity contribution in [3.05, 3.63) is 17.0 Å². The molecule has 0 spiro atoms. The summed E-state index contributed by atoms with van der Waals surface area (Å²) in [5.74, 6) is -0.872. The molecule has 0 aliphatic carbocycles. The zero-order valence-electron chi connectivity index (χ0n) is 36.5. The van der Waals surface area contributed by atoms with Gasteiger partial charge >= 0.3 is 25.8 Å². The van der Waals surface area contributed by atoms with Crippen LogP contribution in [0.25, 0.3) is 11.0 Å². The van der Waals surface area contributed by atoms with Gasteiger partial charge in [-0.2, -0.15) is 13.9 Å². The van der Waals surface area contributed by atoms with Crippen molar-refractivity contribution in [2.24, 2.45) is 0 Å². The third kappa shape index (κ3) is 26.0. The van der Waals surface area contributed by atoms with Gasteiger partial charge in [0.25, 0.3) is 4.92 Å². The van der Waals surface area contributed by atoms with Crippen LogP contribution in [0.5, 0.6) is 0 Å². The number of carbonyl (C=O) groups excluding carboxylic acids is 2. The maximum absolute atomic E-state index is 12.7. The fourth-order valence-corrected chi connectivity index (χ4v) is 7.30. The highest BCUT2D eigenvalue weighted by Gasteiger charge is 2.31. The maximum Gasteiger partial charge on any atom is 0.377 e. The number of unbranched alkanes of at least 4 members (excludes halogenated alkanes) is 20. The van der Waals surface area contributed by atoms with Crippen LogP contribution in [-0.4, -0.2) is 102 Å². The number of quaternary nitrogens is 1. The highest BCUT2D eigenvalue weighted by atomic mass is 31.2. The first-order chi connectivity index (χ1) is 28.3. The number of likely N-dealkylation sites (N-methyl/N-ethyl adjacent to an activating group) is 1. The monoisotopic (exact) mass is 858 g/mol. The van der Waals surface area contributed by atoms with Gasteiger partial charge in [0.15, 0.2) is 11.6 Å². The molecule has 0 amide bonds. The third-order valence-corrected chi connectivity index (χ3v) is 11.1. The van der Waals surface area contributed by atoms with Crippen LogP contribution in [0.15, 0.2) is 16.8 Å². The van der Waals surface area contributed by atoms with Gasteiger partial charge in [-0.15, -0.1) is 0 Å². The Morgan fingerprint density at radius 3 is 1.81 bits per heavy atom. The van der Waals surface area contributed by atoms with Crippen molar-refractivity contribution in [2.75, 3.05) is 59.4 Å². The normalized spacial score (nSPS) is 13.3. The van der Waals surface area contributed by atoms with Crippen LogP contribution in [0.3, 0.4) is 0 Å². The Hall–Kier alpha value is -3.01. The molecule has 0 aliphatic heterocycles. The highest BCUT2D eigenvalue weighted by molar-refractivity contribution is 7.52. The van der Waals surface area contributed by atoms with Gasteiger partial charge in [-0.3, -0.25) is 9.59 Å². The molecule has 1 unspecified atom stereocenters. The van der Waals surface area contributed by atoms with Gasteiger partial charge in [0.2, 0.25) is 5.52 Å². The lowest BCUT2D eigenvalue weighted by Gasteiger charge is -2.26. The number of esters is 2. The molecule has 1 aromatic carbocycles. The molecular formula is C42H76N5O11P+2. The summed E-state index contributed by atoms with van der Waals surface area (Å²) in [4.78, 5) is 59.0. The SMILES string of the molecule is CCCCCCCCCCCCCCCC(=O)OC[C@H](CO[P+]([O-])(O)OCC[N+](C)(C)C)OC(=O)CCCCCCCCCCCNc1ccc([N+](=O)O)c2nonc12. The molecule has 3 N–H and O–H groups in total. The fraction of sp³-hybridized carbons (Fsp3) is 0.810. The van der Waals surface area contributed by atoms with Gasteiger partial charge in [-0.25, -0.2) is 9.84 Å². The predicted octanol–water partition coefficient (Wildman–Crippen LogP) is 9.04. The molecule has 2 atom stereocenters. The van der Waals surface area contributed by atoms with Crippen LogP contribution in [-0.2, 0) is 28.1 Å². The van der Waals surface area contributed by atoms with E-state index in [4.69, 9.17) is 23.2 Å². The van der Waals surface area contributed by atoms with E-state index in [1.54, 1.807) is 6.07 Å². The van der Waals surface area contributed by atoms with Gasteiger partial charge in [0, 0.05) is 25.5 Å². The standard InChI is InChI=1S/C42H75N5O11P/c1-5-6-7-8-9-10-11-12-13-15-18-21-24-27-39(48)54-34-36(35-56-59(52,53)55-33-32-47(2,3)4)57-40(49)28-25-22-19-16-14-17-20-23-26-31-43-37-29-30-38(46(50)51)42-41(37)44-58-45-42/h29-30,36H,5-28,31-35H2,1-4H3,(H2-,43,45,50,51,52,53)/q+1/p+1/t36-/m1/s1. The zero-order valence-corrected chi connectivity index (χ0v) is 37.4. The molecule has 0 bridgehead atoms. The number of phosphoric ester groups is 1. The number of ether oxygens (including phenoxy) is 2. The number of phosphoric acid groups is 1. The molecular weight excluding hydrogens is 781 g/mol. The van der Waals surface area contributed by atoms with Crippen LogP contribution >= 0.6 is 8.17 Å². The van der Waals surface area contributed by atoms with Crippen molar-refractivity contribution in [1.82, 2.24) is 10.3 Å². The van der Waals surface area contributed by atoms with Crippen LogP contribution in [0.2, 0.25) is 0 Å². The van der Waals surface area contributed by atoms with Crippen LogP contribution in [0.1, 0.15) is 161 Å². The Morgan fingerprint density at radius 1 is 0.763 bits per heavy atom. The summed E-state index contributed by atoms with van der Waals surface area (Å²) < 4.78 is 26.5. The summed E-state index contributed by atoms with van der Waals surface area (Å²) in [5.41, 5.74) is 1.24. The molecule has 16 nitrogen and oxygen atoms in total. The number of hydrogen-bond acceptors (Lipinski definition) is 13. The van der Waals surface area contributed by atoms with Gasteiger partial charge in [0.1, 0.15) is 26.4 Å². The third-order valence-electron chi connectivity index (χ3n) is 10.1. The van der Waals surface area contributed by atoms with Crippen molar-refractivity contribution < 1.29 is 57.1 Å². The van der Waals surface area contributed by atoms with E-state index in [9.17, 15) is 29.5 Å². The summed E-state index contributed by atoms with van der Waals surface area (Å²) in [5, 5.41) is 20.0. The first-order valence-electron chi connectivity index (χ1n) is 22.2. The van der Waals surface area contributed by atoms with Crippen LogP contribution in [0, 0.1) is 4.91 Å². The Kier molecular flexibility index (Phi) is 27.3. The molecule has 59 heavy (non-hydrogen) atoms. The predicted molar refractivity (Wildman–Crippen MR) is 227 cm³/mol. The zero-order chi connectivity index (χ0) is 43.2. The van der Waals surface area contributed by atoms with E-state index in [-0.39, 0.29) is 42.2 Å². The van der Waals surface area contributed by atoms with Crippen molar-refractivity contribution >= 4 is 42.5 Å². The van der Waals surface area contributed by atoms with E-state index in [1.807, 2.05) is 21.1 Å². The first-order valence-corrected chi connectivity index (χ1v) is 23.7. The fourth-order valence-electron chi connectivity index (χ4n) is 6.56. The largest absolute Gasteiger partial charge is 0.606 e. The number of nitrogens with zero attached hydrogens (tertiary/aromatic N) is 4. The molecule has 1 heterocycles. The number of benzene rings is 1. The number of fused-ring (bicyclic) bond motifs is 1. The second-order valence-corrected chi connectivity index (χ2v) is 18.1. The van der Waals surface area contributed by atoms with Crippen LogP contribution < -0.4 is 10.2 Å². The number of nitrogens with one attached hydrogen (secondary N) is 1. The lowest BCUT2D eigenvalue weighted by Crippen LogP contribution is -2.38. The van der Waals surface area contributed by atoms with E-state index in [0.29, 0.717) is 28.7 Å². The lowest BCUT2D eigenvalue weighted by molar-refractivity contribution is -0.870. The average Bonchev–Trinajstić information content (AvgIpc) is 3.68. The van der Waals surface area contributed by atoms with Gasteiger partial charge in [0.05, 0.1) is 31.7 Å². The summed E-state index contributed by atoms with van der Waals surface area (Å²) in [6, 6.07) is 3.12. The minimum atomic E-state index is -4.41. The number of hydrogen-bond donors (Lipinski definition) is 3. The molecule has 0 aliphatic rings. The van der Waals surface area contributed by atoms with E-state index in [1.165, 1.54) is 70.3 Å². The summed E-state index contributed by atoms with van der Waals surface area (Å²) in [7, 11) is 1.39. The Labute approximate surface area is 352 Å². The average molecular weight is 858 g/mol. The van der Waals surface area contributed by atoms with Crippen molar-refractivity contribution in [2.45, 2.75) is 167 Å². The van der Waals surface area contributed by atoms with Crippen LogP contribution in [0.4, 0.5) is 11.4 Å². The summed E-state index contributed by atoms with van der Waals surface area (Å²) in [6.07, 6.45) is 24.0. The molecule has 2 rings (SSSR count). The summed E-state index contributed by atoms with van der Waals surface area (Å²) in [6.45, 7) is 2.76. The Balaban J connectivity index is 1.60. The van der Waals surface area contributed by atoms with E-state index in [0.717, 1.165) is 77.2 Å². The van der Waals surface area contributed by atoms with Crippen molar-refractivity contribution in [3.8, 4) is 0 Å². The minimum absolute atomic E-state index is 0.00723. The number of anilines is 1. The number of rotatable bonds is 38. The minimum Gasteiger partial charge on any atom is -0.606 e. The summed E-state index contributed by atoms with van der Waals surface area (Å²) >= 11 is 0. The second kappa shape index (κ2) is 30.9. The quantitative estimate of drug-likeness (QED) is 0.0189. The molecule has 338 valence electrons. The van der Waals surface area contributed by atoms with Crippen molar-refractivity contribution in [3.63, 3.8) is 0 Å². The molecule has 0 fully saturated rings. The molecule has 0 saturated heterocycles. The van der Waals surface area contributed by atoms with Gasteiger partial charge in [-0.05, 0) is 35.6 Å². The Morgan fingerprint density at radius 2 is 1.27 bits per heavy atom. The van der Waals surface area contributed by atoms with E-state index >= 15 is 0 Å². The maximum atomic E-state index is 12.7. The molecule has 0 saturated carbocycles. The number of aromatic nitrogens is 2. The highest BCUT2D eigenvalue weighted by Crippen LogP contribution is 2.47. The topological polar surface area (TPSA) is 206 Å².